The topological polar surface area (TPSA) is 62.1 Å². The second-order valence-electron chi connectivity index (χ2n) is 6.49. The highest BCUT2D eigenvalue weighted by molar-refractivity contribution is 7.98. The van der Waals surface area contributed by atoms with Crippen molar-refractivity contribution in [1.82, 2.24) is 19.7 Å². The zero-order valence-corrected chi connectivity index (χ0v) is 18.8. The highest BCUT2D eigenvalue weighted by Gasteiger charge is 2.17. The number of nitrogens with zero attached hydrogens (tertiary/aromatic N) is 4. The van der Waals surface area contributed by atoms with Gasteiger partial charge in [0.25, 0.3) is 0 Å². The molecule has 6 nitrogen and oxygen atoms in total. The average molecular weight is 477 g/mol. The third-order valence-corrected chi connectivity index (χ3v) is 7.07. The zero-order valence-electron chi connectivity index (χ0n) is 15.6. The minimum atomic E-state index is 0.263. The first kappa shape index (κ1) is 19.7. The summed E-state index contributed by atoms with van der Waals surface area (Å²) < 4.78 is 12.7. The van der Waals surface area contributed by atoms with Gasteiger partial charge in [-0.1, -0.05) is 35.0 Å². The molecule has 30 heavy (non-hydrogen) atoms. The number of hydrogen-bond donors (Lipinski definition) is 0. The van der Waals surface area contributed by atoms with Crippen LogP contribution >= 0.6 is 46.3 Å². The van der Waals surface area contributed by atoms with Crippen molar-refractivity contribution in [1.29, 1.82) is 0 Å². The van der Waals surface area contributed by atoms with Crippen molar-refractivity contribution in [2.24, 2.45) is 7.05 Å². The molecule has 152 valence electrons. The Hall–Kier alpha value is -2.26. The SMILES string of the molecule is Cn1c(SCc2csc(-c3ccc4c(c3)OCO4)n2)nnc1-c1ccc(Cl)cc1Cl. The van der Waals surface area contributed by atoms with E-state index in [-0.39, 0.29) is 6.79 Å². The van der Waals surface area contributed by atoms with Gasteiger partial charge in [0.1, 0.15) is 5.01 Å². The molecule has 5 rings (SSSR count). The van der Waals surface area contributed by atoms with Crippen LogP contribution in [-0.2, 0) is 12.8 Å². The van der Waals surface area contributed by atoms with E-state index in [1.165, 1.54) is 0 Å². The average Bonchev–Trinajstić information content (AvgIpc) is 3.46. The van der Waals surface area contributed by atoms with Crippen LogP contribution in [0.15, 0.2) is 46.9 Å². The van der Waals surface area contributed by atoms with Gasteiger partial charge in [0, 0.05) is 34.3 Å². The minimum Gasteiger partial charge on any atom is -0.454 e. The van der Waals surface area contributed by atoms with E-state index >= 15 is 0 Å². The smallest absolute Gasteiger partial charge is 0.231 e. The van der Waals surface area contributed by atoms with Gasteiger partial charge in [-0.15, -0.1) is 21.5 Å². The highest BCUT2D eigenvalue weighted by Crippen LogP contribution is 2.37. The molecule has 0 atom stereocenters. The molecular weight excluding hydrogens is 463 g/mol. The van der Waals surface area contributed by atoms with E-state index < -0.39 is 0 Å². The lowest BCUT2D eigenvalue weighted by molar-refractivity contribution is 0.174. The third-order valence-electron chi connectivity index (χ3n) is 4.53. The Morgan fingerprint density at radius 3 is 2.83 bits per heavy atom. The monoisotopic (exact) mass is 476 g/mol. The van der Waals surface area contributed by atoms with E-state index in [0.29, 0.717) is 21.6 Å². The van der Waals surface area contributed by atoms with Crippen molar-refractivity contribution in [2.75, 3.05) is 6.79 Å². The maximum Gasteiger partial charge on any atom is 0.231 e. The molecule has 0 spiro atoms. The molecule has 10 heteroatoms. The second-order valence-corrected chi connectivity index (χ2v) is 9.13. The zero-order chi connectivity index (χ0) is 20.7. The molecule has 2 aromatic carbocycles. The molecule has 0 fully saturated rings. The van der Waals surface area contributed by atoms with Gasteiger partial charge in [-0.3, -0.25) is 0 Å². The standard InChI is InChI=1S/C20H14Cl2N4O2S2/c1-26-18(14-4-3-12(21)7-15(14)22)24-25-20(26)30-9-13-8-29-19(23-13)11-2-5-16-17(6-11)28-10-27-16/h2-8H,9-10H2,1H3. The van der Waals surface area contributed by atoms with Crippen LogP contribution in [0.25, 0.3) is 22.0 Å². The van der Waals surface area contributed by atoms with Crippen molar-refractivity contribution in [3.8, 4) is 33.5 Å². The summed E-state index contributed by atoms with van der Waals surface area (Å²) in [6, 6.07) is 11.2. The van der Waals surface area contributed by atoms with E-state index in [4.69, 9.17) is 37.7 Å². The number of rotatable bonds is 5. The maximum atomic E-state index is 6.32. The van der Waals surface area contributed by atoms with Gasteiger partial charge in [0.2, 0.25) is 6.79 Å². The fourth-order valence-corrected chi connectivity index (χ4v) is 5.24. The van der Waals surface area contributed by atoms with Gasteiger partial charge in [0.15, 0.2) is 22.5 Å². The fraction of sp³-hybridized carbons (Fsp3) is 0.150. The van der Waals surface area contributed by atoms with E-state index in [9.17, 15) is 0 Å². The van der Waals surface area contributed by atoms with Gasteiger partial charge in [-0.25, -0.2) is 4.98 Å². The molecule has 0 radical (unpaired) electrons. The van der Waals surface area contributed by atoms with Gasteiger partial charge < -0.3 is 14.0 Å². The molecule has 0 amide bonds. The Bertz CT molecular complexity index is 1240. The Morgan fingerprint density at radius 2 is 1.97 bits per heavy atom. The number of aromatic nitrogens is 4. The van der Waals surface area contributed by atoms with Crippen molar-refractivity contribution < 1.29 is 9.47 Å². The normalized spacial score (nSPS) is 12.5. The predicted molar refractivity (Wildman–Crippen MR) is 120 cm³/mol. The summed E-state index contributed by atoms with van der Waals surface area (Å²) in [5, 5.41) is 13.5. The van der Waals surface area contributed by atoms with Crippen LogP contribution in [0.2, 0.25) is 10.0 Å². The van der Waals surface area contributed by atoms with Crippen LogP contribution in [0.4, 0.5) is 0 Å². The molecule has 3 heterocycles. The second kappa shape index (κ2) is 8.11. The number of ether oxygens (including phenoxy) is 2. The molecule has 0 unspecified atom stereocenters. The van der Waals surface area contributed by atoms with Gasteiger partial charge >= 0.3 is 0 Å². The maximum absolute atomic E-state index is 6.32. The van der Waals surface area contributed by atoms with Crippen LogP contribution in [0.5, 0.6) is 11.5 Å². The lowest BCUT2D eigenvalue weighted by Gasteiger charge is -2.05. The highest BCUT2D eigenvalue weighted by atomic mass is 35.5. The van der Waals surface area contributed by atoms with Crippen LogP contribution < -0.4 is 9.47 Å². The van der Waals surface area contributed by atoms with Crippen molar-refractivity contribution >= 4 is 46.3 Å². The van der Waals surface area contributed by atoms with Crippen molar-refractivity contribution in [2.45, 2.75) is 10.9 Å². The molecule has 4 aromatic rings. The number of halogens is 2. The summed E-state index contributed by atoms with van der Waals surface area (Å²) in [6.45, 7) is 0.263. The summed E-state index contributed by atoms with van der Waals surface area (Å²) in [4.78, 5) is 4.75. The molecular formula is C20H14Cl2N4O2S2. The van der Waals surface area contributed by atoms with Crippen molar-refractivity contribution in [3.05, 3.63) is 57.5 Å². The van der Waals surface area contributed by atoms with Crippen LogP contribution in [0, 0.1) is 0 Å². The Labute approximate surface area is 190 Å². The van der Waals surface area contributed by atoms with Crippen LogP contribution in [-0.4, -0.2) is 26.5 Å². The number of benzene rings is 2. The number of thiazole rings is 1. The molecule has 0 saturated heterocycles. The molecule has 1 aliphatic heterocycles. The number of fused-ring (bicyclic) bond motifs is 1. The molecule has 0 N–H and O–H groups in total. The summed E-state index contributed by atoms with van der Waals surface area (Å²) in [5.41, 5.74) is 2.78. The number of thioether (sulfide) groups is 1. The number of hydrogen-bond acceptors (Lipinski definition) is 7. The lowest BCUT2D eigenvalue weighted by atomic mass is 10.2. The first-order chi connectivity index (χ1) is 14.6. The fourth-order valence-electron chi connectivity index (χ4n) is 3.02. The Kier molecular flexibility index (Phi) is 5.32. The third kappa shape index (κ3) is 3.76. The van der Waals surface area contributed by atoms with E-state index in [1.807, 2.05) is 35.9 Å². The lowest BCUT2D eigenvalue weighted by Crippen LogP contribution is -1.95. The quantitative estimate of drug-likeness (QED) is 0.332. The molecule has 1 aliphatic rings. The van der Waals surface area contributed by atoms with E-state index in [0.717, 1.165) is 38.5 Å². The first-order valence-corrected chi connectivity index (χ1v) is 11.5. The summed E-state index contributed by atoms with van der Waals surface area (Å²) >= 11 is 15.5. The largest absolute Gasteiger partial charge is 0.454 e. The first-order valence-electron chi connectivity index (χ1n) is 8.90. The van der Waals surface area contributed by atoms with Gasteiger partial charge in [0.05, 0.1) is 10.7 Å². The van der Waals surface area contributed by atoms with E-state index in [2.05, 4.69) is 15.6 Å². The molecule has 0 aliphatic carbocycles. The summed E-state index contributed by atoms with van der Waals surface area (Å²) in [5.74, 6) is 2.90. The van der Waals surface area contributed by atoms with Crippen molar-refractivity contribution in [3.63, 3.8) is 0 Å². The summed E-state index contributed by atoms with van der Waals surface area (Å²) in [6.07, 6.45) is 0. The van der Waals surface area contributed by atoms with Gasteiger partial charge in [-0.05, 0) is 36.4 Å². The van der Waals surface area contributed by atoms with Crippen LogP contribution in [0.1, 0.15) is 5.69 Å². The van der Waals surface area contributed by atoms with Gasteiger partial charge in [-0.2, -0.15) is 0 Å². The Balaban J connectivity index is 1.31. The minimum absolute atomic E-state index is 0.263. The van der Waals surface area contributed by atoms with Crippen LogP contribution in [0.3, 0.4) is 0 Å². The Morgan fingerprint density at radius 1 is 1.10 bits per heavy atom. The summed E-state index contributed by atoms with van der Waals surface area (Å²) in [7, 11) is 1.92. The predicted octanol–water partition coefficient (Wildman–Crippen LogP) is 5.93. The molecule has 2 aromatic heterocycles. The van der Waals surface area contributed by atoms with E-state index in [1.54, 1.807) is 35.2 Å². The molecule has 0 saturated carbocycles. The molecule has 0 bridgehead atoms.